The lowest BCUT2D eigenvalue weighted by Gasteiger charge is -2.30. The molecule has 0 spiro atoms. The number of carbonyl (C=O) groups is 4. The third kappa shape index (κ3) is 8.23. The van der Waals surface area contributed by atoms with Crippen LogP contribution in [0.3, 0.4) is 0 Å². The molecule has 10 rings (SSSR count). The molecule has 16 nitrogen and oxygen atoms in total. The molecule has 3 aliphatic heterocycles. The van der Waals surface area contributed by atoms with E-state index in [-0.39, 0.29) is 35.7 Å². The molecule has 1 unspecified atom stereocenters. The van der Waals surface area contributed by atoms with Gasteiger partial charge in [-0.1, -0.05) is 52.0 Å². The van der Waals surface area contributed by atoms with Gasteiger partial charge in [-0.25, -0.2) is 23.9 Å². The highest BCUT2D eigenvalue weighted by Gasteiger charge is 2.40. The molecule has 3 aliphatic rings. The Bertz CT molecular complexity index is 3120. The van der Waals surface area contributed by atoms with Gasteiger partial charge in [0.2, 0.25) is 18.0 Å². The van der Waals surface area contributed by atoms with Crippen LogP contribution in [-0.2, 0) is 19.1 Å². The summed E-state index contributed by atoms with van der Waals surface area (Å²) in [5.74, 6) is 0.389. The summed E-state index contributed by atoms with van der Waals surface area (Å²) in [6.45, 7) is 8.56. The SMILES string of the molecule is COC(=O)N[C@H](C(=O)N1CCC[C@H]1c1ncc(-c2cc(F)c3c(c2)OC(c2csc4ccccc24)n2c-3cc3cc(-c4cnc([C@@H]5CCCN5C(=O)[C@@H](NC(=O)OC)C(C)C)[nH]4)ccc32)[nH]1)C(C)C. The second-order valence-corrected chi connectivity index (χ2v) is 19.5. The number of benzene rings is 3. The van der Waals surface area contributed by atoms with Crippen LogP contribution >= 0.6 is 11.3 Å². The summed E-state index contributed by atoms with van der Waals surface area (Å²) < 4.78 is 36.7. The second kappa shape index (κ2) is 18.4. The highest BCUT2D eigenvalue weighted by atomic mass is 32.1. The van der Waals surface area contributed by atoms with Crippen molar-refractivity contribution in [2.75, 3.05) is 27.3 Å². The minimum Gasteiger partial charge on any atom is -0.465 e. The molecule has 5 atom stereocenters. The predicted molar refractivity (Wildman–Crippen MR) is 259 cm³/mol. The fraction of sp³-hybridized carbons (Fsp3) is 0.373. The van der Waals surface area contributed by atoms with Crippen molar-refractivity contribution < 1.29 is 37.8 Å². The van der Waals surface area contributed by atoms with Gasteiger partial charge >= 0.3 is 12.2 Å². The second-order valence-electron chi connectivity index (χ2n) is 18.6. The third-order valence-corrected chi connectivity index (χ3v) is 14.7. The quantitative estimate of drug-likeness (QED) is 0.0979. The number of fused-ring (bicyclic) bond motifs is 6. The van der Waals surface area contributed by atoms with E-state index in [0.717, 1.165) is 57.1 Å². The lowest BCUT2D eigenvalue weighted by atomic mass is 10.0. The number of hydrogen-bond acceptors (Lipinski definition) is 10. The van der Waals surface area contributed by atoms with Crippen molar-refractivity contribution in [2.24, 2.45) is 11.8 Å². The van der Waals surface area contributed by atoms with E-state index >= 15 is 4.39 Å². The Balaban J connectivity index is 0.983. The van der Waals surface area contributed by atoms with E-state index in [2.05, 4.69) is 48.7 Å². The molecule has 0 bridgehead atoms. The van der Waals surface area contributed by atoms with Crippen LogP contribution in [0.2, 0.25) is 0 Å². The lowest BCUT2D eigenvalue weighted by molar-refractivity contribution is -0.136. The Morgan fingerprint density at radius 3 is 1.97 bits per heavy atom. The Morgan fingerprint density at radius 1 is 0.783 bits per heavy atom. The first-order valence-electron chi connectivity index (χ1n) is 23.4. The minimum atomic E-state index is -0.775. The minimum absolute atomic E-state index is 0.155. The lowest BCUT2D eigenvalue weighted by Crippen LogP contribution is -2.51. The number of aromatic amines is 2. The standard InChI is InChI=1S/C51H54FN9O7S/c1-26(2)43(57-50(64)66-5)47(62)59-17-9-12-37(59)45-53-23-34(55-45)28-15-16-36-30(19-28)21-39-42-33(52)20-29(22-40(42)68-49(61(36)39)32-25-69-41-14-8-7-11-31(32)41)35-24-54-46(56-35)38-13-10-18-60(38)48(63)44(27(3)4)58-51(65)67-6/h7-8,11,14-16,19-27,37-38,43-44,49H,9-10,12-13,17-18H2,1-6H3,(H,53,55)(H,54,56)(H,57,64)(H,58,65)/t37-,38-,43-,44-,49?/m0/s1. The zero-order chi connectivity index (χ0) is 48.2. The summed E-state index contributed by atoms with van der Waals surface area (Å²) in [5, 5.41) is 9.40. The van der Waals surface area contributed by atoms with Crippen LogP contribution in [0.5, 0.6) is 5.75 Å². The number of halogens is 1. The number of imidazole rings is 2. The molecule has 3 aromatic carbocycles. The van der Waals surface area contributed by atoms with Crippen LogP contribution in [0.1, 0.15) is 88.9 Å². The number of nitrogens with zero attached hydrogens (tertiary/aromatic N) is 5. The predicted octanol–water partition coefficient (Wildman–Crippen LogP) is 9.47. The van der Waals surface area contributed by atoms with Crippen molar-refractivity contribution in [3.05, 3.63) is 101 Å². The van der Waals surface area contributed by atoms with Gasteiger partial charge < -0.3 is 49.2 Å². The van der Waals surface area contributed by atoms with Crippen molar-refractivity contribution in [1.82, 2.24) is 44.9 Å². The molecule has 2 fully saturated rings. The summed E-state index contributed by atoms with van der Waals surface area (Å²) in [6, 6.07) is 17.4. The molecular formula is C51H54FN9O7S. The van der Waals surface area contributed by atoms with Gasteiger partial charge in [0.25, 0.3) is 0 Å². The summed E-state index contributed by atoms with van der Waals surface area (Å²) in [6.07, 6.45) is 4.40. The van der Waals surface area contributed by atoms with Crippen LogP contribution in [0.15, 0.2) is 78.4 Å². The van der Waals surface area contributed by atoms with Crippen molar-refractivity contribution in [2.45, 2.75) is 83.8 Å². The number of alkyl carbamates (subject to hydrolysis) is 2. The number of thiophene rings is 1. The molecule has 4 aromatic heterocycles. The fourth-order valence-electron chi connectivity index (χ4n) is 10.2. The van der Waals surface area contributed by atoms with Gasteiger partial charge in [0, 0.05) is 50.6 Å². The van der Waals surface area contributed by atoms with Crippen molar-refractivity contribution >= 4 is 56.3 Å². The van der Waals surface area contributed by atoms with Gasteiger partial charge in [-0.15, -0.1) is 11.3 Å². The molecule has 7 heterocycles. The monoisotopic (exact) mass is 955 g/mol. The number of rotatable bonds is 11. The molecule has 7 aromatic rings. The topological polar surface area (TPSA) is 189 Å². The molecule has 69 heavy (non-hydrogen) atoms. The van der Waals surface area contributed by atoms with Crippen LogP contribution in [-0.4, -0.2) is 97.7 Å². The van der Waals surface area contributed by atoms with E-state index in [4.69, 9.17) is 24.2 Å². The van der Waals surface area contributed by atoms with Crippen LogP contribution < -0.4 is 15.4 Å². The first-order valence-corrected chi connectivity index (χ1v) is 24.2. The maximum Gasteiger partial charge on any atom is 0.407 e. The van der Waals surface area contributed by atoms with E-state index in [1.807, 2.05) is 64.1 Å². The maximum absolute atomic E-state index is 17.0. The number of carbonyl (C=O) groups excluding carboxylic acids is 4. The highest BCUT2D eigenvalue weighted by molar-refractivity contribution is 7.17. The number of amides is 4. The van der Waals surface area contributed by atoms with Gasteiger partial charge in [-0.2, -0.15) is 0 Å². The first kappa shape index (κ1) is 45.6. The number of hydrogen-bond donors (Lipinski definition) is 4. The summed E-state index contributed by atoms with van der Waals surface area (Å²) in [5.41, 5.74) is 5.50. The summed E-state index contributed by atoms with van der Waals surface area (Å²) in [7, 11) is 2.55. The number of aromatic nitrogens is 5. The van der Waals surface area contributed by atoms with Gasteiger partial charge in [0.05, 0.1) is 66.9 Å². The summed E-state index contributed by atoms with van der Waals surface area (Å²) in [4.78, 5) is 71.8. The van der Waals surface area contributed by atoms with Crippen molar-refractivity contribution in [3.63, 3.8) is 0 Å². The molecule has 4 amide bonds. The Morgan fingerprint density at radius 2 is 1.38 bits per heavy atom. The number of likely N-dealkylation sites (tertiary alicyclic amines) is 2. The zero-order valence-corrected chi connectivity index (χ0v) is 40.0. The molecule has 0 aliphatic carbocycles. The molecule has 18 heteroatoms. The van der Waals surface area contributed by atoms with Crippen molar-refractivity contribution in [1.29, 1.82) is 0 Å². The molecule has 0 radical (unpaired) electrons. The molecule has 358 valence electrons. The van der Waals surface area contributed by atoms with Crippen LogP contribution in [0.25, 0.3) is 54.8 Å². The van der Waals surface area contributed by atoms with Crippen LogP contribution in [0, 0.1) is 17.7 Å². The Labute approximate surface area is 401 Å². The van der Waals surface area contributed by atoms with Gasteiger partial charge in [0.15, 0.2) is 0 Å². The van der Waals surface area contributed by atoms with Gasteiger partial charge in [-0.05, 0) is 73.9 Å². The number of ether oxygens (including phenoxy) is 3. The van der Waals surface area contributed by atoms with E-state index in [1.165, 1.54) is 20.3 Å². The van der Waals surface area contributed by atoms with Gasteiger partial charge in [0.1, 0.15) is 35.3 Å². The van der Waals surface area contributed by atoms with Gasteiger partial charge in [-0.3, -0.25) is 9.59 Å². The average Bonchev–Trinajstić information content (AvgIpc) is 4.21. The highest BCUT2D eigenvalue weighted by Crippen LogP contribution is 2.49. The smallest absolute Gasteiger partial charge is 0.407 e. The fourth-order valence-corrected chi connectivity index (χ4v) is 11.2. The average molecular weight is 956 g/mol. The zero-order valence-electron chi connectivity index (χ0n) is 39.2. The third-order valence-electron chi connectivity index (χ3n) is 13.7. The largest absolute Gasteiger partial charge is 0.465 e. The maximum atomic E-state index is 17.0. The summed E-state index contributed by atoms with van der Waals surface area (Å²) >= 11 is 1.62. The normalized spacial score (nSPS) is 18.6. The first-order chi connectivity index (χ1) is 33.3. The van der Waals surface area contributed by atoms with Crippen molar-refractivity contribution in [3.8, 4) is 39.5 Å². The van der Waals surface area contributed by atoms with E-state index in [0.29, 0.717) is 59.4 Å². The van der Waals surface area contributed by atoms with Crippen LogP contribution in [0.4, 0.5) is 14.0 Å². The van der Waals surface area contributed by atoms with E-state index in [1.54, 1.807) is 33.5 Å². The molecule has 2 saturated heterocycles. The van der Waals surface area contributed by atoms with E-state index < -0.39 is 36.3 Å². The number of methoxy groups -OCH3 is 2. The Kier molecular flexibility index (Phi) is 12.1. The molecular weight excluding hydrogens is 902 g/mol. The molecule has 0 saturated carbocycles. The van der Waals surface area contributed by atoms with E-state index in [9.17, 15) is 19.2 Å². The number of H-pyrrole nitrogens is 2. The molecule has 4 N–H and O–H groups in total. The Hall–Kier alpha value is -7.21. The number of nitrogens with one attached hydrogen (secondary N) is 4.